The second-order valence-electron chi connectivity index (χ2n) is 8.04. The van der Waals surface area contributed by atoms with Crippen molar-refractivity contribution in [3.63, 3.8) is 0 Å². The van der Waals surface area contributed by atoms with Gasteiger partial charge in [-0.25, -0.2) is 0 Å². The van der Waals surface area contributed by atoms with E-state index >= 15 is 0 Å². The molecule has 1 atom stereocenters. The Morgan fingerprint density at radius 1 is 1.03 bits per heavy atom. The van der Waals surface area contributed by atoms with Gasteiger partial charge in [-0.2, -0.15) is 8.42 Å². The maximum Gasteiger partial charge on any atom is 0.306 e. The summed E-state index contributed by atoms with van der Waals surface area (Å²) in [4.78, 5) is 18.0. The Kier molecular flexibility index (Phi) is 5.63. The Bertz CT molecular complexity index is 1080. The molecule has 1 amide bonds. The number of benzene rings is 2. The van der Waals surface area contributed by atoms with Crippen molar-refractivity contribution < 1.29 is 22.5 Å². The van der Waals surface area contributed by atoms with Crippen LogP contribution in [0.1, 0.15) is 13.8 Å². The molecule has 0 aromatic heterocycles. The first-order chi connectivity index (χ1) is 14.6. The second kappa shape index (κ2) is 7.98. The number of anilines is 3. The summed E-state index contributed by atoms with van der Waals surface area (Å²) in [6, 6.07) is 13.6. The summed E-state index contributed by atoms with van der Waals surface area (Å²) in [6.45, 7) is 6.10. The molecule has 1 unspecified atom stereocenters. The quantitative estimate of drug-likeness (QED) is 0.694. The highest BCUT2D eigenvalue weighted by Gasteiger charge is 2.57. The van der Waals surface area contributed by atoms with Gasteiger partial charge in [0, 0.05) is 35.2 Å². The van der Waals surface area contributed by atoms with Crippen molar-refractivity contribution in [3.05, 3.63) is 53.6 Å². The highest BCUT2D eigenvalue weighted by molar-refractivity contribution is 7.86. The Morgan fingerprint density at radius 3 is 2.23 bits per heavy atom. The number of amides is 1. The molecular weight excluding hydrogens is 442 g/mol. The van der Waals surface area contributed by atoms with Gasteiger partial charge in [0.25, 0.3) is 5.91 Å². The van der Waals surface area contributed by atoms with Gasteiger partial charge in [0.15, 0.2) is 0 Å². The molecule has 0 saturated carbocycles. The average Bonchev–Trinajstić information content (AvgIpc) is 2.95. The summed E-state index contributed by atoms with van der Waals surface area (Å²) in [5, 5.41) is 0.352. The third-order valence-electron chi connectivity index (χ3n) is 5.64. The molecule has 2 saturated heterocycles. The molecular formula is C21H24ClN3O5S. The standard InChI is InChI=1S/C21H24ClN3O5S/c1-21(2)19(26)24(18-5-3-4-15(22)14-18)20(31(27,28)29)25(21)17-8-6-16(7-9-17)23-10-12-30-13-11-23/h3-9,14,20H,10-13H2,1-2H3,(H,27,28,29). The minimum Gasteiger partial charge on any atom is -0.378 e. The Balaban J connectivity index is 1.77. The van der Waals surface area contributed by atoms with E-state index in [0.717, 1.165) is 23.7 Å². The van der Waals surface area contributed by atoms with Crippen molar-refractivity contribution >= 4 is 44.7 Å². The van der Waals surface area contributed by atoms with E-state index in [1.807, 2.05) is 12.1 Å². The third-order valence-corrected chi connectivity index (χ3v) is 6.83. The number of halogens is 1. The summed E-state index contributed by atoms with van der Waals surface area (Å²) in [7, 11) is -4.68. The zero-order valence-corrected chi connectivity index (χ0v) is 18.8. The number of hydrogen-bond acceptors (Lipinski definition) is 6. The lowest BCUT2D eigenvalue weighted by Gasteiger charge is -2.34. The van der Waals surface area contributed by atoms with Crippen molar-refractivity contribution in [3.8, 4) is 0 Å². The molecule has 166 valence electrons. The molecule has 0 radical (unpaired) electrons. The average molecular weight is 466 g/mol. The van der Waals surface area contributed by atoms with Crippen molar-refractivity contribution in [1.29, 1.82) is 0 Å². The number of rotatable bonds is 4. The number of hydrogen-bond donors (Lipinski definition) is 1. The molecule has 2 heterocycles. The molecule has 2 aliphatic heterocycles. The van der Waals surface area contributed by atoms with E-state index in [0.29, 0.717) is 29.6 Å². The number of ether oxygens (including phenoxy) is 1. The first-order valence-corrected chi connectivity index (χ1v) is 11.8. The summed E-state index contributed by atoms with van der Waals surface area (Å²) in [6.07, 6.45) is 0. The van der Waals surface area contributed by atoms with E-state index in [1.54, 1.807) is 44.2 Å². The molecule has 0 bridgehead atoms. The van der Waals surface area contributed by atoms with Crippen LogP contribution in [0.25, 0.3) is 0 Å². The SMILES string of the molecule is CC1(C)C(=O)N(c2cccc(Cl)c2)C(S(=O)(=O)O)N1c1ccc(N2CCOCC2)cc1. The summed E-state index contributed by atoms with van der Waals surface area (Å²) < 4.78 is 40.5. The van der Waals surface area contributed by atoms with Gasteiger partial charge in [-0.15, -0.1) is 0 Å². The van der Waals surface area contributed by atoms with Gasteiger partial charge >= 0.3 is 10.1 Å². The maximum atomic E-state index is 13.3. The minimum absolute atomic E-state index is 0.292. The second-order valence-corrected chi connectivity index (χ2v) is 9.93. The van der Waals surface area contributed by atoms with Gasteiger partial charge in [0.1, 0.15) is 5.54 Å². The van der Waals surface area contributed by atoms with Gasteiger partial charge in [-0.3, -0.25) is 14.2 Å². The third kappa shape index (κ3) is 3.98. The van der Waals surface area contributed by atoms with E-state index < -0.39 is 27.1 Å². The van der Waals surface area contributed by atoms with E-state index in [9.17, 15) is 17.8 Å². The number of carbonyl (C=O) groups is 1. The molecule has 10 heteroatoms. The molecule has 1 N–H and O–H groups in total. The van der Waals surface area contributed by atoms with Crippen LogP contribution < -0.4 is 14.7 Å². The van der Waals surface area contributed by atoms with Gasteiger partial charge in [0.05, 0.1) is 13.2 Å². The van der Waals surface area contributed by atoms with Gasteiger partial charge in [0.2, 0.25) is 5.50 Å². The molecule has 2 aromatic rings. The zero-order chi connectivity index (χ0) is 22.4. The molecule has 31 heavy (non-hydrogen) atoms. The van der Waals surface area contributed by atoms with Gasteiger partial charge in [-0.05, 0) is 56.3 Å². The van der Waals surface area contributed by atoms with Crippen LogP contribution >= 0.6 is 11.6 Å². The smallest absolute Gasteiger partial charge is 0.306 e. The van der Waals surface area contributed by atoms with Crippen LogP contribution in [0.4, 0.5) is 17.1 Å². The molecule has 2 fully saturated rings. The molecule has 2 aromatic carbocycles. The van der Waals surface area contributed by atoms with E-state index in [-0.39, 0.29) is 0 Å². The number of carbonyl (C=O) groups excluding carboxylic acids is 1. The lowest BCUT2D eigenvalue weighted by atomic mass is 10.0. The van der Waals surface area contributed by atoms with E-state index in [4.69, 9.17) is 16.3 Å². The summed E-state index contributed by atoms with van der Waals surface area (Å²) >= 11 is 6.07. The Hall–Kier alpha value is -2.33. The van der Waals surface area contributed by atoms with Crippen molar-refractivity contribution in [2.24, 2.45) is 0 Å². The van der Waals surface area contributed by atoms with Crippen LogP contribution in [0.15, 0.2) is 48.5 Å². The Morgan fingerprint density at radius 2 is 1.65 bits per heavy atom. The van der Waals surface area contributed by atoms with Crippen LogP contribution in [0.5, 0.6) is 0 Å². The van der Waals surface area contributed by atoms with Crippen molar-refractivity contribution in [2.45, 2.75) is 24.9 Å². The van der Waals surface area contributed by atoms with Gasteiger partial charge in [-0.1, -0.05) is 17.7 Å². The van der Waals surface area contributed by atoms with Crippen LogP contribution in [0.3, 0.4) is 0 Å². The highest BCUT2D eigenvalue weighted by atomic mass is 35.5. The molecule has 0 spiro atoms. The fraction of sp³-hybridized carbons (Fsp3) is 0.381. The van der Waals surface area contributed by atoms with Crippen molar-refractivity contribution in [1.82, 2.24) is 0 Å². The largest absolute Gasteiger partial charge is 0.378 e. The topological polar surface area (TPSA) is 90.4 Å². The fourth-order valence-corrected chi connectivity index (χ4v) is 5.44. The zero-order valence-electron chi connectivity index (χ0n) is 17.2. The van der Waals surface area contributed by atoms with E-state index in [1.165, 1.54) is 11.0 Å². The molecule has 0 aliphatic carbocycles. The number of morpholine rings is 1. The molecule has 8 nitrogen and oxygen atoms in total. The van der Waals surface area contributed by atoms with Crippen molar-refractivity contribution in [2.75, 3.05) is 41.0 Å². The minimum atomic E-state index is -4.68. The van der Waals surface area contributed by atoms with E-state index in [2.05, 4.69) is 4.90 Å². The fourth-order valence-electron chi connectivity index (χ4n) is 4.12. The highest BCUT2D eigenvalue weighted by Crippen LogP contribution is 2.41. The summed E-state index contributed by atoms with van der Waals surface area (Å²) in [5.74, 6) is -0.463. The summed E-state index contributed by atoms with van der Waals surface area (Å²) in [5.41, 5.74) is -1.08. The van der Waals surface area contributed by atoms with Crippen LogP contribution in [-0.4, -0.2) is 56.2 Å². The maximum absolute atomic E-state index is 13.3. The molecule has 4 rings (SSSR count). The van der Waals surface area contributed by atoms with Crippen LogP contribution in [0.2, 0.25) is 5.02 Å². The first kappa shape index (κ1) is 21.9. The Labute approximate surface area is 186 Å². The predicted molar refractivity (Wildman–Crippen MR) is 120 cm³/mol. The van der Waals surface area contributed by atoms with Gasteiger partial charge < -0.3 is 14.5 Å². The first-order valence-electron chi connectivity index (χ1n) is 9.88. The lowest BCUT2D eigenvalue weighted by molar-refractivity contribution is -0.120. The lowest BCUT2D eigenvalue weighted by Crippen LogP contribution is -2.49. The number of nitrogens with zero attached hydrogens (tertiary/aromatic N) is 3. The van der Waals surface area contributed by atoms with Crippen LogP contribution in [0, 0.1) is 0 Å². The normalized spacial score (nSPS) is 21.6. The van der Waals surface area contributed by atoms with Crippen LogP contribution in [-0.2, 0) is 19.6 Å². The monoisotopic (exact) mass is 465 g/mol. The molecule has 2 aliphatic rings. The predicted octanol–water partition coefficient (Wildman–Crippen LogP) is 2.98.